The molecule has 5 heteroatoms. The van der Waals surface area contributed by atoms with Crippen molar-refractivity contribution in [1.82, 2.24) is 4.90 Å². The summed E-state index contributed by atoms with van der Waals surface area (Å²) >= 11 is 5.96. The second-order valence-corrected chi connectivity index (χ2v) is 5.83. The van der Waals surface area contributed by atoms with E-state index < -0.39 is 5.97 Å². The molecule has 1 aliphatic rings. The van der Waals surface area contributed by atoms with Crippen molar-refractivity contribution in [2.45, 2.75) is 20.3 Å². The first-order valence-electron chi connectivity index (χ1n) is 6.68. The van der Waals surface area contributed by atoms with E-state index in [9.17, 15) is 9.59 Å². The monoisotopic (exact) mass is 295 g/mol. The Balaban J connectivity index is 2.11. The van der Waals surface area contributed by atoms with Gasteiger partial charge in [-0.25, -0.2) is 0 Å². The number of aryl methyl sites for hydroxylation is 1. The molecule has 2 unspecified atom stereocenters. The molecule has 0 aromatic heterocycles. The number of nitrogens with zero attached hydrogens (tertiary/aromatic N) is 1. The van der Waals surface area contributed by atoms with Crippen LogP contribution < -0.4 is 0 Å². The maximum atomic E-state index is 12.4. The molecule has 2 rings (SSSR count). The normalized spacial score (nSPS) is 22.6. The zero-order chi connectivity index (χ0) is 14.9. The minimum Gasteiger partial charge on any atom is -0.481 e. The number of benzene rings is 1. The van der Waals surface area contributed by atoms with E-state index in [4.69, 9.17) is 16.7 Å². The quantitative estimate of drug-likeness (QED) is 0.913. The molecule has 0 bridgehead atoms. The summed E-state index contributed by atoms with van der Waals surface area (Å²) in [7, 11) is 0. The molecule has 1 saturated heterocycles. The molecule has 0 spiro atoms. The summed E-state index contributed by atoms with van der Waals surface area (Å²) in [5, 5.41) is 9.74. The molecule has 1 fully saturated rings. The minimum absolute atomic E-state index is 0.0291. The number of carboxylic acids is 1. The van der Waals surface area contributed by atoms with Gasteiger partial charge in [-0.05, 0) is 43.0 Å². The summed E-state index contributed by atoms with van der Waals surface area (Å²) < 4.78 is 0. The first-order chi connectivity index (χ1) is 9.40. The predicted octanol–water partition coefficient (Wildman–Crippen LogP) is 2.83. The molecule has 1 aromatic carbocycles. The van der Waals surface area contributed by atoms with Gasteiger partial charge in [0.1, 0.15) is 0 Å². The van der Waals surface area contributed by atoms with Crippen LogP contribution in [0.5, 0.6) is 0 Å². The number of piperidine rings is 1. The summed E-state index contributed by atoms with van der Waals surface area (Å²) in [6, 6.07) is 5.21. The van der Waals surface area contributed by atoms with Gasteiger partial charge in [0.2, 0.25) is 0 Å². The number of carbonyl (C=O) groups is 2. The Bertz CT molecular complexity index is 544. The highest BCUT2D eigenvalue weighted by atomic mass is 35.5. The Morgan fingerprint density at radius 1 is 1.40 bits per heavy atom. The van der Waals surface area contributed by atoms with Gasteiger partial charge in [-0.15, -0.1) is 0 Å². The fourth-order valence-corrected chi connectivity index (χ4v) is 2.77. The molecule has 1 aliphatic heterocycles. The molecule has 1 amide bonds. The third kappa shape index (κ3) is 2.96. The van der Waals surface area contributed by atoms with Crippen LogP contribution in [0, 0.1) is 18.8 Å². The van der Waals surface area contributed by atoms with Crippen LogP contribution in [0.3, 0.4) is 0 Å². The third-order valence-electron chi connectivity index (χ3n) is 3.91. The Morgan fingerprint density at radius 3 is 2.65 bits per heavy atom. The lowest BCUT2D eigenvalue weighted by Crippen LogP contribution is -2.45. The van der Waals surface area contributed by atoms with Gasteiger partial charge < -0.3 is 10.0 Å². The van der Waals surface area contributed by atoms with Crippen LogP contribution >= 0.6 is 11.6 Å². The largest absolute Gasteiger partial charge is 0.481 e. The average molecular weight is 296 g/mol. The number of hydrogen-bond acceptors (Lipinski definition) is 2. The van der Waals surface area contributed by atoms with E-state index in [1.54, 1.807) is 23.1 Å². The van der Waals surface area contributed by atoms with Gasteiger partial charge in [0.25, 0.3) is 5.91 Å². The van der Waals surface area contributed by atoms with E-state index in [1.807, 2.05) is 13.8 Å². The van der Waals surface area contributed by atoms with Crippen LogP contribution in [0.25, 0.3) is 0 Å². The average Bonchev–Trinajstić information content (AvgIpc) is 2.40. The van der Waals surface area contributed by atoms with Crippen molar-refractivity contribution >= 4 is 23.5 Å². The highest BCUT2D eigenvalue weighted by molar-refractivity contribution is 6.31. The molecular formula is C15H18ClNO3. The summed E-state index contributed by atoms with van der Waals surface area (Å²) in [5.41, 5.74) is 1.47. The van der Waals surface area contributed by atoms with Gasteiger partial charge in [-0.2, -0.15) is 0 Å². The summed E-state index contributed by atoms with van der Waals surface area (Å²) in [5.74, 6) is -1.21. The number of rotatable bonds is 2. The van der Waals surface area contributed by atoms with Crippen LogP contribution in [0.2, 0.25) is 5.02 Å². The zero-order valence-electron chi connectivity index (χ0n) is 11.6. The van der Waals surface area contributed by atoms with Crippen LogP contribution in [0.4, 0.5) is 0 Å². The fraction of sp³-hybridized carbons (Fsp3) is 0.467. The van der Waals surface area contributed by atoms with E-state index in [2.05, 4.69) is 0 Å². The molecule has 4 nitrogen and oxygen atoms in total. The van der Waals surface area contributed by atoms with Crippen LogP contribution in [0.15, 0.2) is 18.2 Å². The number of amides is 1. The molecule has 20 heavy (non-hydrogen) atoms. The number of hydrogen-bond donors (Lipinski definition) is 1. The lowest BCUT2D eigenvalue weighted by atomic mass is 9.87. The van der Waals surface area contributed by atoms with Crippen LogP contribution in [-0.2, 0) is 4.79 Å². The van der Waals surface area contributed by atoms with Crippen LogP contribution in [0.1, 0.15) is 29.3 Å². The third-order valence-corrected chi connectivity index (χ3v) is 4.34. The topological polar surface area (TPSA) is 57.6 Å². The minimum atomic E-state index is -0.771. The van der Waals surface area contributed by atoms with Crippen molar-refractivity contribution in [3.8, 4) is 0 Å². The Morgan fingerprint density at radius 2 is 2.10 bits per heavy atom. The molecule has 0 saturated carbocycles. The van der Waals surface area contributed by atoms with E-state index in [0.717, 1.165) is 5.56 Å². The Kier molecular flexibility index (Phi) is 4.33. The number of likely N-dealkylation sites (tertiary alicyclic amines) is 1. The highest BCUT2D eigenvalue weighted by Crippen LogP contribution is 2.25. The van der Waals surface area contributed by atoms with Crippen molar-refractivity contribution < 1.29 is 14.7 Å². The van der Waals surface area contributed by atoms with Gasteiger partial charge in [0.05, 0.1) is 5.92 Å². The second kappa shape index (κ2) is 5.83. The van der Waals surface area contributed by atoms with Gasteiger partial charge in [-0.1, -0.05) is 18.5 Å². The highest BCUT2D eigenvalue weighted by Gasteiger charge is 2.33. The Labute approximate surface area is 123 Å². The second-order valence-electron chi connectivity index (χ2n) is 5.43. The molecule has 1 N–H and O–H groups in total. The molecule has 0 aliphatic carbocycles. The van der Waals surface area contributed by atoms with Gasteiger partial charge in [0, 0.05) is 23.7 Å². The molecule has 1 heterocycles. The zero-order valence-corrected chi connectivity index (χ0v) is 12.4. The summed E-state index contributed by atoms with van der Waals surface area (Å²) in [6.45, 7) is 4.71. The molecular weight excluding hydrogens is 278 g/mol. The van der Waals surface area contributed by atoms with E-state index in [-0.39, 0.29) is 17.7 Å². The number of aliphatic carboxylic acids is 1. The van der Waals surface area contributed by atoms with Crippen molar-refractivity contribution in [1.29, 1.82) is 0 Å². The predicted molar refractivity (Wildman–Crippen MR) is 77.0 cm³/mol. The molecule has 108 valence electrons. The Hall–Kier alpha value is -1.55. The van der Waals surface area contributed by atoms with Crippen LogP contribution in [-0.4, -0.2) is 35.0 Å². The first kappa shape index (κ1) is 14.9. The lowest BCUT2D eigenvalue weighted by Gasteiger charge is -2.35. The van der Waals surface area contributed by atoms with Crippen molar-refractivity contribution in [2.24, 2.45) is 11.8 Å². The lowest BCUT2D eigenvalue weighted by molar-refractivity contribution is -0.145. The number of carbonyl (C=O) groups excluding carboxylic acids is 1. The van der Waals surface area contributed by atoms with Crippen molar-refractivity contribution in [3.05, 3.63) is 34.3 Å². The van der Waals surface area contributed by atoms with Gasteiger partial charge in [-0.3, -0.25) is 9.59 Å². The van der Waals surface area contributed by atoms with E-state index in [0.29, 0.717) is 30.1 Å². The smallest absolute Gasteiger partial charge is 0.306 e. The van der Waals surface area contributed by atoms with Crippen molar-refractivity contribution in [3.63, 3.8) is 0 Å². The SMILES string of the molecule is Cc1cc(C(=O)N2CCC(C(=O)O)C(C)C2)ccc1Cl. The molecule has 2 atom stereocenters. The van der Waals surface area contributed by atoms with E-state index >= 15 is 0 Å². The maximum absolute atomic E-state index is 12.4. The van der Waals surface area contributed by atoms with Gasteiger partial charge in [0.15, 0.2) is 0 Å². The maximum Gasteiger partial charge on any atom is 0.306 e. The number of halogens is 1. The molecule has 1 aromatic rings. The standard InChI is InChI=1S/C15H18ClNO3/c1-9-7-11(3-4-13(9)16)14(18)17-6-5-12(15(19)20)10(2)8-17/h3-4,7,10,12H,5-6,8H2,1-2H3,(H,19,20). The summed E-state index contributed by atoms with van der Waals surface area (Å²) in [4.78, 5) is 25.2. The molecule has 0 radical (unpaired) electrons. The summed E-state index contributed by atoms with van der Waals surface area (Å²) in [6.07, 6.45) is 0.509. The van der Waals surface area contributed by atoms with E-state index in [1.165, 1.54) is 0 Å². The first-order valence-corrected chi connectivity index (χ1v) is 7.06. The van der Waals surface area contributed by atoms with Gasteiger partial charge >= 0.3 is 5.97 Å². The van der Waals surface area contributed by atoms with Crippen molar-refractivity contribution in [2.75, 3.05) is 13.1 Å². The number of carboxylic acid groups (broad SMARTS) is 1. The fourth-order valence-electron chi connectivity index (χ4n) is 2.66.